The first-order valence-corrected chi connectivity index (χ1v) is 12.1. The number of aryl methyl sites for hydroxylation is 3. The van der Waals surface area contributed by atoms with E-state index in [1.165, 1.54) is 6.33 Å². The second-order valence-electron chi connectivity index (χ2n) is 7.65. The van der Waals surface area contributed by atoms with E-state index >= 15 is 0 Å². The van der Waals surface area contributed by atoms with E-state index in [0.717, 1.165) is 28.5 Å². The van der Waals surface area contributed by atoms with Crippen LogP contribution in [0.2, 0.25) is 0 Å². The number of nitrogens with one attached hydrogen (secondary N) is 1. The van der Waals surface area contributed by atoms with Gasteiger partial charge in [-0.1, -0.05) is 0 Å². The minimum absolute atomic E-state index is 0.105. The Hall–Kier alpha value is -2.37. The fraction of sp³-hybridized carbons (Fsp3) is 0.474. The first-order valence-electron chi connectivity index (χ1n) is 9.82. The van der Waals surface area contributed by atoms with Gasteiger partial charge in [0, 0.05) is 49.2 Å². The molecule has 0 saturated carbocycles. The number of aromatic nitrogens is 5. The molecular formula is C19H25N7O2S2. The molecule has 0 amide bonds. The summed E-state index contributed by atoms with van der Waals surface area (Å²) in [5, 5.41) is 4.14. The Kier molecular flexibility index (Phi) is 5.85. The van der Waals surface area contributed by atoms with Crippen LogP contribution in [0, 0.1) is 19.8 Å². The average Bonchev–Trinajstić information content (AvgIpc) is 3.30. The lowest BCUT2D eigenvalue weighted by Gasteiger charge is -2.31. The predicted octanol–water partition coefficient (Wildman–Crippen LogP) is 2.67. The van der Waals surface area contributed by atoms with Crippen molar-refractivity contribution in [3.63, 3.8) is 0 Å². The monoisotopic (exact) mass is 447 g/mol. The molecule has 0 aliphatic carbocycles. The number of thiazole rings is 1. The van der Waals surface area contributed by atoms with Crippen molar-refractivity contribution in [2.75, 3.05) is 18.4 Å². The molecule has 0 bridgehead atoms. The van der Waals surface area contributed by atoms with E-state index < -0.39 is 10.0 Å². The van der Waals surface area contributed by atoms with Crippen LogP contribution >= 0.6 is 11.3 Å². The van der Waals surface area contributed by atoms with Crippen LogP contribution in [0.25, 0.3) is 0 Å². The number of nitrogens with zero attached hydrogens (tertiary/aromatic N) is 6. The van der Waals surface area contributed by atoms with Crippen LogP contribution in [0.3, 0.4) is 0 Å². The quantitative estimate of drug-likeness (QED) is 0.619. The van der Waals surface area contributed by atoms with E-state index in [0.29, 0.717) is 31.2 Å². The predicted molar refractivity (Wildman–Crippen MR) is 115 cm³/mol. The molecule has 1 saturated heterocycles. The summed E-state index contributed by atoms with van der Waals surface area (Å²) in [4.78, 5) is 18.5. The maximum absolute atomic E-state index is 12.9. The molecule has 4 heterocycles. The maximum Gasteiger partial charge on any atom is 0.262 e. The maximum atomic E-state index is 12.9. The zero-order valence-corrected chi connectivity index (χ0v) is 18.9. The van der Waals surface area contributed by atoms with E-state index in [-0.39, 0.29) is 10.9 Å². The third-order valence-electron chi connectivity index (χ3n) is 5.01. The van der Waals surface area contributed by atoms with Crippen molar-refractivity contribution < 1.29 is 8.42 Å². The van der Waals surface area contributed by atoms with E-state index in [9.17, 15) is 8.42 Å². The molecule has 0 spiro atoms. The van der Waals surface area contributed by atoms with Crippen LogP contribution in [0.5, 0.6) is 0 Å². The number of piperidine rings is 1. The summed E-state index contributed by atoms with van der Waals surface area (Å²) in [6, 6.07) is 1.93. The summed E-state index contributed by atoms with van der Waals surface area (Å²) < 4.78 is 29.0. The lowest BCUT2D eigenvalue weighted by molar-refractivity contribution is 0.263. The van der Waals surface area contributed by atoms with E-state index in [1.807, 2.05) is 26.1 Å². The molecule has 160 valence electrons. The highest BCUT2D eigenvalue weighted by Crippen LogP contribution is 2.26. The number of sulfonamides is 1. The van der Waals surface area contributed by atoms with Crippen molar-refractivity contribution in [2.45, 2.75) is 38.1 Å². The van der Waals surface area contributed by atoms with Crippen molar-refractivity contribution in [2.24, 2.45) is 13.0 Å². The second-order valence-corrected chi connectivity index (χ2v) is 10.8. The molecule has 3 aromatic rings. The number of rotatable bonds is 6. The zero-order chi connectivity index (χ0) is 21.3. The SMILES string of the molecule is Cc1nc(CC2CCCN(S(=O)(=O)c3cn(C)cn3)C2)cc(Nc2ncc(C)s2)n1. The molecule has 0 aromatic carbocycles. The van der Waals surface area contributed by atoms with Gasteiger partial charge in [-0.05, 0) is 39.0 Å². The molecule has 0 radical (unpaired) electrons. The van der Waals surface area contributed by atoms with Gasteiger partial charge in [-0.15, -0.1) is 11.3 Å². The van der Waals surface area contributed by atoms with Gasteiger partial charge in [-0.25, -0.2) is 28.4 Å². The van der Waals surface area contributed by atoms with Crippen molar-refractivity contribution in [3.8, 4) is 0 Å². The van der Waals surface area contributed by atoms with Gasteiger partial charge in [0.2, 0.25) is 0 Å². The first kappa shape index (κ1) is 20.9. The summed E-state index contributed by atoms with van der Waals surface area (Å²) in [5.41, 5.74) is 0.903. The van der Waals surface area contributed by atoms with Gasteiger partial charge in [-0.3, -0.25) is 0 Å². The molecule has 4 rings (SSSR count). The lowest BCUT2D eigenvalue weighted by Crippen LogP contribution is -2.40. The van der Waals surface area contributed by atoms with Crippen LogP contribution in [0.1, 0.15) is 29.2 Å². The molecule has 1 aliphatic rings. The summed E-state index contributed by atoms with van der Waals surface area (Å²) >= 11 is 1.57. The number of hydrogen-bond donors (Lipinski definition) is 1. The summed E-state index contributed by atoms with van der Waals surface area (Å²) in [6.45, 7) is 4.86. The number of anilines is 2. The molecule has 3 aromatic heterocycles. The van der Waals surface area contributed by atoms with Gasteiger partial charge in [0.1, 0.15) is 11.6 Å². The molecule has 1 fully saturated rings. The van der Waals surface area contributed by atoms with Crippen LogP contribution in [0.4, 0.5) is 10.9 Å². The van der Waals surface area contributed by atoms with E-state index in [1.54, 1.807) is 33.5 Å². The Morgan fingerprint density at radius 3 is 2.80 bits per heavy atom. The van der Waals surface area contributed by atoms with Gasteiger partial charge in [0.05, 0.1) is 6.33 Å². The first-order chi connectivity index (χ1) is 14.3. The fourth-order valence-electron chi connectivity index (χ4n) is 3.68. The van der Waals surface area contributed by atoms with Crippen LogP contribution in [-0.4, -0.2) is 50.3 Å². The Labute approximate surface area is 180 Å². The van der Waals surface area contributed by atoms with E-state index in [2.05, 4.69) is 25.3 Å². The third kappa shape index (κ3) is 4.68. The lowest BCUT2D eigenvalue weighted by atomic mass is 9.94. The Balaban J connectivity index is 1.47. The van der Waals surface area contributed by atoms with Crippen molar-refractivity contribution in [1.29, 1.82) is 0 Å². The molecule has 30 heavy (non-hydrogen) atoms. The smallest absolute Gasteiger partial charge is 0.262 e. The topological polar surface area (TPSA) is 106 Å². The third-order valence-corrected chi connectivity index (χ3v) is 7.59. The highest BCUT2D eigenvalue weighted by atomic mass is 32.2. The van der Waals surface area contributed by atoms with Gasteiger partial charge in [0.15, 0.2) is 10.2 Å². The normalized spacial score (nSPS) is 17.9. The standard InChI is InChI=1S/C19H25N7O2S2/c1-13-9-20-19(29-13)24-17-8-16(22-14(2)23-17)7-15-5-4-6-26(10-15)30(27,28)18-11-25(3)12-21-18/h8-9,11-12,15H,4-7,10H2,1-3H3,(H,20,22,23,24). The van der Waals surface area contributed by atoms with Gasteiger partial charge in [0.25, 0.3) is 10.0 Å². The number of hydrogen-bond acceptors (Lipinski definition) is 8. The fourth-order valence-corrected chi connectivity index (χ4v) is 5.87. The van der Waals surface area contributed by atoms with Crippen LogP contribution in [0.15, 0.2) is 29.8 Å². The number of imidazole rings is 1. The van der Waals surface area contributed by atoms with Crippen molar-refractivity contribution in [3.05, 3.63) is 41.2 Å². The van der Waals surface area contributed by atoms with Gasteiger partial charge in [-0.2, -0.15) is 4.31 Å². The highest BCUT2D eigenvalue weighted by Gasteiger charge is 2.32. The highest BCUT2D eigenvalue weighted by molar-refractivity contribution is 7.89. The molecular weight excluding hydrogens is 422 g/mol. The summed E-state index contributed by atoms with van der Waals surface area (Å²) in [6.07, 6.45) is 7.36. The minimum Gasteiger partial charge on any atom is -0.339 e. The zero-order valence-electron chi connectivity index (χ0n) is 17.2. The second kappa shape index (κ2) is 8.40. The van der Waals surface area contributed by atoms with Crippen LogP contribution in [-0.2, 0) is 23.5 Å². The largest absolute Gasteiger partial charge is 0.339 e. The van der Waals surface area contributed by atoms with Crippen molar-refractivity contribution >= 4 is 32.3 Å². The average molecular weight is 448 g/mol. The van der Waals surface area contributed by atoms with Crippen LogP contribution < -0.4 is 5.32 Å². The van der Waals surface area contributed by atoms with Gasteiger partial charge >= 0.3 is 0 Å². The Morgan fingerprint density at radius 1 is 1.27 bits per heavy atom. The summed E-state index contributed by atoms with van der Waals surface area (Å²) in [7, 11) is -1.81. The summed E-state index contributed by atoms with van der Waals surface area (Å²) in [5.74, 6) is 1.58. The molecule has 1 unspecified atom stereocenters. The van der Waals surface area contributed by atoms with E-state index in [4.69, 9.17) is 0 Å². The Bertz CT molecular complexity index is 1140. The molecule has 11 heteroatoms. The Morgan fingerprint density at radius 2 is 2.10 bits per heavy atom. The van der Waals surface area contributed by atoms with Crippen molar-refractivity contribution in [1.82, 2.24) is 28.8 Å². The molecule has 1 atom stereocenters. The minimum atomic E-state index is -3.57. The molecule has 1 N–H and O–H groups in total. The molecule has 9 nitrogen and oxygen atoms in total. The van der Waals surface area contributed by atoms with Gasteiger partial charge < -0.3 is 9.88 Å². The molecule has 1 aliphatic heterocycles.